The lowest BCUT2D eigenvalue weighted by molar-refractivity contribution is -0.145. The van der Waals surface area contributed by atoms with Gasteiger partial charge in [-0.2, -0.15) is 0 Å². The molecule has 1 saturated heterocycles. The highest BCUT2D eigenvalue weighted by molar-refractivity contribution is 7.17. The third kappa shape index (κ3) is 3.15. The summed E-state index contributed by atoms with van der Waals surface area (Å²) < 4.78 is 1.25. The Morgan fingerprint density at radius 2 is 2.04 bits per heavy atom. The number of rotatable bonds is 4. The van der Waals surface area contributed by atoms with Crippen LogP contribution in [0.25, 0.3) is 10.1 Å². The fraction of sp³-hybridized carbons (Fsp3) is 0.318. The van der Waals surface area contributed by atoms with Gasteiger partial charge in [-0.15, -0.1) is 11.3 Å². The Labute approximate surface area is 157 Å². The van der Waals surface area contributed by atoms with Crippen molar-refractivity contribution >= 4 is 27.4 Å². The summed E-state index contributed by atoms with van der Waals surface area (Å²) in [6, 6.07) is 16.5. The molecule has 0 aliphatic carbocycles. The van der Waals surface area contributed by atoms with Gasteiger partial charge >= 0.3 is 5.97 Å². The van der Waals surface area contributed by atoms with Gasteiger partial charge in [0.05, 0.1) is 6.04 Å². The molecule has 1 N–H and O–H groups in total. The van der Waals surface area contributed by atoms with E-state index >= 15 is 0 Å². The van der Waals surface area contributed by atoms with Gasteiger partial charge in [0.2, 0.25) is 0 Å². The number of benzene rings is 2. The van der Waals surface area contributed by atoms with Crippen molar-refractivity contribution in [3.05, 3.63) is 70.6 Å². The smallest absolute Gasteiger partial charge is 0.320 e. The van der Waals surface area contributed by atoms with E-state index in [1.165, 1.54) is 26.8 Å². The predicted octanol–water partition coefficient (Wildman–Crippen LogP) is 5.24. The molecule has 26 heavy (non-hydrogen) atoms. The number of aryl methyl sites for hydroxylation is 1. The standard InChI is InChI=1S/C22H23NO2S/c1-15-7-6-8-16(13-15)21(23-12-5-4-10-19(23)22(24)25)18-14-26-20-11-3-2-9-17(18)20/h2-3,6-9,11,13-14,19,21H,4-5,10,12H2,1H3,(H,24,25). The van der Waals surface area contributed by atoms with E-state index in [2.05, 4.69) is 65.7 Å². The maximum Gasteiger partial charge on any atom is 0.320 e. The fourth-order valence-corrected chi connectivity index (χ4v) is 5.11. The van der Waals surface area contributed by atoms with E-state index in [1.54, 1.807) is 11.3 Å². The molecule has 0 saturated carbocycles. The van der Waals surface area contributed by atoms with Crippen LogP contribution in [0.1, 0.15) is 42.0 Å². The maximum atomic E-state index is 12.0. The van der Waals surface area contributed by atoms with E-state index in [1.807, 2.05) is 0 Å². The van der Waals surface area contributed by atoms with Crippen LogP contribution in [0.2, 0.25) is 0 Å². The summed E-state index contributed by atoms with van der Waals surface area (Å²) in [5.41, 5.74) is 3.61. The van der Waals surface area contributed by atoms with E-state index in [4.69, 9.17) is 0 Å². The first-order chi connectivity index (χ1) is 12.6. The van der Waals surface area contributed by atoms with Crippen LogP contribution >= 0.6 is 11.3 Å². The predicted molar refractivity (Wildman–Crippen MR) is 107 cm³/mol. The molecule has 3 aromatic rings. The van der Waals surface area contributed by atoms with Gasteiger partial charge in [-0.25, -0.2) is 0 Å². The van der Waals surface area contributed by atoms with Crippen LogP contribution in [0.5, 0.6) is 0 Å². The zero-order valence-corrected chi connectivity index (χ0v) is 15.7. The number of likely N-dealkylation sites (tertiary alicyclic amines) is 1. The van der Waals surface area contributed by atoms with E-state index in [9.17, 15) is 9.90 Å². The monoisotopic (exact) mass is 365 g/mol. The van der Waals surface area contributed by atoms with Gasteiger partial charge in [0.15, 0.2) is 0 Å². The van der Waals surface area contributed by atoms with Crippen molar-refractivity contribution in [1.82, 2.24) is 4.90 Å². The Balaban J connectivity index is 1.88. The molecule has 0 amide bonds. The van der Waals surface area contributed by atoms with Crippen molar-refractivity contribution in [2.45, 2.75) is 38.3 Å². The van der Waals surface area contributed by atoms with Gasteiger partial charge in [0.1, 0.15) is 6.04 Å². The Kier molecular flexibility index (Phi) is 4.79. The zero-order valence-electron chi connectivity index (χ0n) is 14.9. The van der Waals surface area contributed by atoms with Crippen molar-refractivity contribution in [2.24, 2.45) is 0 Å². The summed E-state index contributed by atoms with van der Waals surface area (Å²) in [6.07, 6.45) is 2.76. The maximum absolute atomic E-state index is 12.0. The number of aliphatic carboxylic acids is 1. The number of carbonyl (C=O) groups is 1. The molecule has 1 aromatic heterocycles. The van der Waals surface area contributed by atoms with Gasteiger partial charge in [-0.05, 0) is 54.3 Å². The highest BCUT2D eigenvalue weighted by Gasteiger charge is 2.36. The Bertz CT molecular complexity index is 933. The molecule has 0 radical (unpaired) electrons. The number of piperidine rings is 1. The van der Waals surface area contributed by atoms with E-state index in [0.29, 0.717) is 0 Å². The van der Waals surface area contributed by atoms with Crippen molar-refractivity contribution < 1.29 is 9.90 Å². The summed E-state index contributed by atoms with van der Waals surface area (Å²) in [4.78, 5) is 14.2. The second-order valence-electron chi connectivity index (χ2n) is 7.09. The average molecular weight is 365 g/mol. The molecular weight excluding hydrogens is 342 g/mol. The normalized spacial score (nSPS) is 19.5. The van der Waals surface area contributed by atoms with Crippen LogP contribution in [-0.2, 0) is 4.79 Å². The van der Waals surface area contributed by atoms with Gasteiger partial charge in [-0.1, -0.05) is 54.4 Å². The highest BCUT2D eigenvalue weighted by atomic mass is 32.1. The first-order valence-corrected chi connectivity index (χ1v) is 10.0. The van der Waals surface area contributed by atoms with Crippen molar-refractivity contribution in [3.8, 4) is 0 Å². The van der Waals surface area contributed by atoms with Crippen LogP contribution in [0.4, 0.5) is 0 Å². The summed E-state index contributed by atoms with van der Waals surface area (Å²) in [5.74, 6) is -0.707. The van der Waals surface area contributed by atoms with Crippen LogP contribution in [0.15, 0.2) is 53.9 Å². The number of carboxylic acids is 1. The average Bonchev–Trinajstić information content (AvgIpc) is 3.06. The Hall–Kier alpha value is -2.17. The zero-order chi connectivity index (χ0) is 18.1. The third-order valence-corrected chi connectivity index (χ3v) is 6.31. The first-order valence-electron chi connectivity index (χ1n) is 9.16. The molecular formula is C22H23NO2S. The molecule has 4 rings (SSSR count). The number of nitrogens with zero attached hydrogens (tertiary/aromatic N) is 1. The molecule has 2 unspecified atom stereocenters. The minimum Gasteiger partial charge on any atom is -0.480 e. The molecule has 2 atom stereocenters. The number of hydrogen-bond donors (Lipinski definition) is 1. The number of fused-ring (bicyclic) bond motifs is 1. The van der Waals surface area contributed by atoms with Gasteiger partial charge in [-0.3, -0.25) is 9.69 Å². The Morgan fingerprint density at radius 3 is 2.85 bits per heavy atom. The molecule has 1 fully saturated rings. The lowest BCUT2D eigenvalue weighted by Gasteiger charge is -2.39. The van der Waals surface area contributed by atoms with Crippen molar-refractivity contribution in [3.63, 3.8) is 0 Å². The van der Waals surface area contributed by atoms with Gasteiger partial charge in [0.25, 0.3) is 0 Å². The van der Waals surface area contributed by atoms with E-state index in [-0.39, 0.29) is 6.04 Å². The largest absolute Gasteiger partial charge is 0.480 e. The van der Waals surface area contributed by atoms with Crippen LogP contribution in [-0.4, -0.2) is 28.6 Å². The third-order valence-electron chi connectivity index (χ3n) is 5.32. The molecule has 1 aliphatic rings. The second kappa shape index (κ2) is 7.22. The molecule has 4 heteroatoms. The van der Waals surface area contributed by atoms with Crippen LogP contribution in [0, 0.1) is 6.92 Å². The van der Waals surface area contributed by atoms with Gasteiger partial charge < -0.3 is 5.11 Å². The molecule has 134 valence electrons. The fourth-order valence-electron chi connectivity index (χ4n) is 4.13. The van der Waals surface area contributed by atoms with Crippen molar-refractivity contribution in [1.29, 1.82) is 0 Å². The van der Waals surface area contributed by atoms with Gasteiger partial charge in [0, 0.05) is 4.70 Å². The van der Waals surface area contributed by atoms with Crippen LogP contribution in [0.3, 0.4) is 0 Å². The lowest BCUT2D eigenvalue weighted by Crippen LogP contribution is -2.46. The second-order valence-corrected chi connectivity index (χ2v) is 8.00. The summed E-state index contributed by atoms with van der Waals surface area (Å²) in [5, 5.41) is 13.3. The molecule has 0 bridgehead atoms. The Morgan fingerprint density at radius 1 is 1.19 bits per heavy atom. The van der Waals surface area contributed by atoms with E-state index in [0.717, 1.165) is 25.8 Å². The number of carboxylic acid groups (broad SMARTS) is 1. The molecule has 2 aromatic carbocycles. The van der Waals surface area contributed by atoms with Crippen molar-refractivity contribution in [2.75, 3.05) is 6.54 Å². The topological polar surface area (TPSA) is 40.5 Å². The molecule has 2 heterocycles. The SMILES string of the molecule is Cc1cccc(C(c2csc3ccccc23)N2CCCCC2C(=O)O)c1. The quantitative estimate of drug-likeness (QED) is 0.687. The molecule has 3 nitrogen and oxygen atoms in total. The first kappa shape index (κ1) is 17.3. The number of thiophene rings is 1. The summed E-state index contributed by atoms with van der Waals surface area (Å²) >= 11 is 1.74. The van der Waals surface area contributed by atoms with E-state index < -0.39 is 12.0 Å². The highest BCUT2D eigenvalue weighted by Crippen LogP contribution is 2.40. The lowest BCUT2D eigenvalue weighted by atomic mass is 9.91. The number of hydrogen-bond acceptors (Lipinski definition) is 3. The molecule has 1 aliphatic heterocycles. The summed E-state index contributed by atoms with van der Waals surface area (Å²) in [6.45, 7) is 2.91. The minimum absolute atomic E-state index is 0.0209. The van der Waals surface area contributed by atoms with Crippen LogP contribution < -0.4 is 0 Å². The molecule has 0 spiro atoms. The summed E-state index contributed by atoms with van der Waals surface area (Å²) in [7, 11) is 0. The minimum atomic E-state index is -0.707.